The van der Waals surface area contributed by atoms with Gasteiger partial charge in [-0.3, -0.25) is 10.1 Å². The Hall–Kier alpha value is -2.28. The third kappa shape index (κ3) is 2.00. The first-order valence-corrected chi connectivity index (χ1v) is 5.07. The zero-order valence-corrected chi connectivity index (χ0v) is 9.17. The molecule has 7 nitrogen and oxygen atoms in total. The molecule has 0 saturated heterocycles. The summed E-state index contributed by atoms with van der Waals surface area (Å²) in [6.07, 6.45) is 0.632. The largest absolute Gasteiger partial charge is 0.308 e. The topological polar surface area (TPSA) is 107 Å². The molecule has 0 aliphatic rings. The number of hydrogen-bond acceptors (Lipinski definition) is 6. The molecule has 0 aliphatic heterocycles. The van der Waals surface area contributed by atoms with Crippen LogP contribution in [-0.2, 0) is 6.42 Å². The van der Waals surface area contributed by atoms with Crippen molar-refractivity contribution in [2.75, 3.05) is 5.43 Å². The molecule has 7 heteroatoms. The Bertz CT molecular complexity index is 584. The Labute approximate surface area is 96.8 Å². The Kier molecular flexibility index (Phi) is 2.84. The molecule has 1 aromatic heterocycles. The summed E-state index contributed by atoms with van der Waals surface area (Å²) >= 11 is 0. The molecule has 17 heavy (non-hydrogen) atoms. The summed E-state index contributed by atoms with van der Waals surface area (Å²) in [5.41, 5.74) is 2.99. The van der Waals surface area contributed by atoms with Crippen LogP contribution < -0.4 is 11.3 Å². The molecule has 0 aliphatic carbocycles. The molecular formula is C10H11N5O2. The lowest BCUT2D eigenvalue weighted by Gasteiger charge is -2.06. The van der Waals surface area contributed by atoms with E-state index in [1.807, 2.05) is 6.92 Å². The predicted molar refractivity (Wildman–Crippen MR) is 63.4 cm³/mol. The van der Waals surface area contributed by atoms with Gasteiger partial charge in [-0.25, -0.2) is 15.8 Å². The predicted octanol–water partition coefficient (Wildman–Crippen LogP) is 1.39. The third-order valence-corrected chi connectivity index (χ3v) is 2.39. The molecule has 2 rings (SSSR count). The maximum Gasteiger partial charge on any atom is 0.271 e. The van der Waals surface area contributed by atoms with Gasteiger partial charge in [0.2, 0.25) is 0 Å². The van der Waals surface area contributed by atoms with Gasteiger partial charge in [0.1, 0.15) is 5.82 Å². The highest BCUT2D eigenvalue weighted by Gasteiger charge is 2.11. The lowest BCUT2D eigenvalue weighted by Crippen LogP contribution is -2.11. The number of aryl methyl sites for hydroxylation is 1. The van der Waals surface area contributed by atoms with Crippen LogP contribution in [-0.4, -0.2) is 14.9 Å². The summed E-state index contributed by atoms with van der Waals surface area (Å²) in [5, 5.41) is 11.3. The van der Waals surface area contributed by atoms with Gasteiger partial charge in [-0.1, -0.05) is 6.92 Å². The Balaban J connectivity index is 2.71. The number of anilines is 1. The lowest BCUT2D eigenvalue weighted by molar-refractivity contribution is -0.384. The molecule has 0 saturated carbocycles. The van der Waals surface area contributed by atoms with Gasteiger partial charge in [-0.15, -0.1) is 0 Å². The van der Waals surface area contributed by atoms with Gasteiger partial charge in [0.25, 0.3) is 5.69 Å². The average Bonchev–Trinajstić information content (AvgIpc) is 2.36. The molecule has 0 atom stereocenters. The highest BCUT2D eigenvalue weighted by molar-refractivity contribution is 5.90. The van der Waals surface area contributed by atoms with Crippen molar-refractivity contribution in [1.82, 2.24) is 9.97 Å². The first kappa shape index (κ1) is 11.2. The molecule has 0 amide bonds. The van der Waals surface area contributed by atoms with Crippen molar-refractivity contribution in [3.05, 3.63) is 34.1 Å². The minimum absolute atomic E-state index is 0.00113. The van der Waals surface area contributed by atoms with Crippen molar-refractivity contribution >= 4 is 22.4 Å². The number of benzene rings is 1. The fraction of sp³-hybridized carbons (Fsp3) is 0.200. The quantitative estimate of drug-likeness (QED) is 0.471. The van der Waals surface area contributed by atoms with E-state index in [9.17, 15) is 10.1 Å². The molecule has 0 fully saturated rings. The van der Waals surface area contributed by atoms with Gasteiger partial charge in [0.05, 0.1) is 10.4 Å². The van der Waals surface area contributed by atoms with E-state index in [4.69, 9.17) is 5.84 Å². The van der Waals surface area contributed by atoms with E-state index in [1.54, 1.807) is 6.07 Å². The zero-order chi connectivity index (χ0) is 12.4. The van der Waals surface area contributed by atoms with Crippen molar-refractivity contribution < 1.29 is 4.92 Å². The molecular weight excluding hydrogens is 222 g/mol. The van der Waals surface area contributed by atoms with Gasteiger partial charge in [0.15, 0.2) is 5.82 Å². The van der Waals surface area contributed by atoms with Gasteiger partial charge >= 0.3 is 0 Å². The molecule has 0 unspecified atom stereocenters. The number of nitrogen functional groups attached to an aromatic ring is 1. The van der Waals surface area contributed by atoms with Crippen molar-refractivity contribution in [2.45, 2.75) is 13.3 Å². The second kappa shape index (κ2) is 4.30. The fourth-order valence-electron chi connectivity index (χ4n) is 1.55. The number of fused-ring (bicyclic) bond motifs is 1. The number of nitrogens with zero attached hydrogens (tertiary/aromatic N) is 3. The maximum absolute atomic E-state index is 10.7. The van der Waals surface area contributed by atoms with Crippen LogP contribution in [0.25, 0.3) is 10.9 Å². The molecule has 1 heterocycles. The first-order chi connectivity index (χ1) is 8.15. The van der Waals surface area contributed by atoms with Gasteiger partial charge < -0.3 is 5.43 Å². The Morgan fingerprint density at radius 2 is 2.24 bits per heavy atom. The smallest absolute Gasteiger partial charge is 0.271 e. The summed E-state index contributed by atoms with van der Waals surface area (Å²) in [6.45, 7) is 1.90. The van der Waals surface area contributed by atoms with E-state index in [0.717, 1.165) is 0 Å². The van der Waals surface area contributed by atoms with Crippen LogP contribution in [0.2, 0.25) is 0 Å². The average molecular weight is 233 g/mol. The highest BCUT2D eigenvalue weighted by Crippen LogP contribution is 2.24. The molecule has 3 N–H and O–H groups in total. The molecule has 0 spiro atoms. The number of non-ortho nitro benzene ring substituents is 1. The number of rotatable bonds is 3. The summed E-state index contributed by atoms with van der Waals surface area (Å²) in [7, 11) is 0. The van der Waals surface area contributed by atoms with E-state index >= 15 is 0 Å². The van der Waals surface area contributed by atoms with Gasteiger partial charge in [0, 0.05) is 23.9 Å². The molecule has 88 valence electrons. The summed E-state index contributed by atoms with van der Waals surface area (Å²) in [5.74, 6) is 6.43. The fourth-order valence-corrected chi connectivity index (χ4v) is 1.55. The number of nitrogens with one attached hydrogen (secondary N) is 1. The van der Waals surface area contributed by atoms with E-state index in [-0.39, 0.29) is 5.69 Å². The van der Waals surface area contributed by atoms with E-state index in [2.05, 4.69) is 15.4 Å². The van der Waals surface area contributed by atoms with Crippen molar-refractivity contribution in [1.29, 1.82) is 0 Å². The first-order valence-electron chi connectivity index (χ1n) is 5.07. The Morgan fingerprint density at radius 3 is 2.82 bits per heavy atom. The molecule has 2 aromatic rings. The third-order valence-electron chi connectivity index (χ3n) is 2.39. The number of nitro benzene ring substituents is 1. The van der Waals surface area contributed by atoms with Crippen LogP contribution >= 0.6 is 0 Å². The summed E-state index contributed by atoms with van der Waals surface area (Å²) < 4.78 is 0. The number of hydrogen-bond donors (Lipinski definition) is 2. The number of hydrazine groups is 1. The normalized spacial score (nSPS) is 10.5. The lowest BCUT2D eigenvalue weighted by atomic mass is 10.2. The van der Waals surface area contributed by atoms with Crippen LogP contribution in [0.15, 0.2) is 18.2 Å². The van der Waals surface area contributed by atoms with Gasteiger partial charge in [-0.05, 0) is 6.07 Å². The minimum atomic E-state index is -0.456. The number of nitro groups is 1. The zero-order valence-electron chi connectivity index (χ0n) is 9.17. The summed E-state index contributed by atoms with van der Waals surface area (Å²) in [6, 6.07) is 4.40. The van der Waals surface area contributed by atoms with Crippen LogP contribution in [0.5, 0.6) is 0 Å². The van der Waals surface area contributed by atoms with E-state index in [0.29, 0.717) is 29.0 Å². The molecule has 1 aromatic carbocycles. The Morgan fingerprint density at radius 1 is 1.47 bits per heavy atom. The highest BCUT2D eigenvalue weighted by atomic mass is 16.6. The van der Waals surface area contributed by atoms with Crippen LogP contribution in [0.3, 0.4) is 0 Å². The monoisotopic (exact) mass is 233 g/mol. The van der Waals surface area contributed by atoms with E-state index in [1.165, 1.54) is 12.1 Å². The van der Waals surface area contributed by atoms with Crippen molar-refractivity contribution in [3.8, 4) is 0 Å². The standard InChI is InChI=1S/C10H11N5O2/c1-2-9-12-8-5-6(15(16)17)3-4-7(8)10(13-9)14-11/h3-5H,2,11H2,1H3,(H,12,13,14). The van der Waals surface area contributed by atoms with E-state index < -0.39 is 4.92 Å². The second-order valence-corrected chi connectivity index (χ2v) is 3.44. The SMILES string of the molecule is CCc1nc(NN)c2ccc([N+](=O)[O-])cc2n1. The van der Waals surface area contributed by atoms with Crippen LogP contribution in [0.1, 0.15) is 12.7 Å². The van der Waals surface area contributed by atoms with Crippen LogP contribution in [0.4, 0.5) is 11.5 Å². The minimum Gasteiger partial charge on any atom is -0.308 e. The van der Waals surface area contributed by atoms with Crippen LogP contribution in [0, 0.1) is 10.1 Å². The number of nitrogens with two attached hydrogens (primary N) is 1. The molecule has 0 bridgehead atoms. The van der Waals surface area contributed by atoms with Crippen molar-refractivity contribution in [2.24, 2.45) is 5.84 Å². The van der Waals surface area contributed by atoms with Crippen molar-refractivity contribution in [3.63, 3.8) is 0 Å². The summed E-state index contributed by atoms with van der Waals surface area (Å²) in [4.78, 5) is 18.6. The second-order valence-electron chi connectivity index (χ2n) is 3.44. The number of aromatic nitrogens is 2. The maximum atomic E-state index is 10.7. The van der Waals surface area contributed by atoms with Gasteiger partial charge in [-0.2, -0.15) is 0 Å². The molecule has 0 radical (unpaired) electrons.